The van der Waals surface area contributed by atoms with E-state index in [-0.39, 0.29) is 16.8 Å². The van der Waals surface area contributed by atoms with Crippen LogP contribution in [0.15, 0.2) is 29.2 Å². The molecule has 0 bridgehead atoms. The summed E-state index contributed by atoms with van der Waals surface area (Å²) in [5, 5.41) is 2.57. The molecule has 1 aromatic rings. The predicted octanol–water partition coefficient (Wildman–Crippen LogP) is 1.24. The van der Waals surface area contributed by atoms with Gasteiger partial charge in [-0.25, -0.2) is 13.1 Å². The van der Waals surface area contributed by atoms with Crippen LogP contribution >= 0.6 is 12.6 Å². The number of amides is 1. The fourth-order valence-electron chi connectivity index (χ4n) is 1.29. The molecule has 5 nitrogen and oxygen atoms in total. The number of sulfonamides is 1. The van der Waals surface area contributed by atoms with Gasteiger partial charge in [0.05, 0.1) is 4.90 Å². The van der Waals surface area contributed by atoms with Crippen LogP contribution in [0.2, 0.25) is 0 Å². The molecule has 1 rings (SSSR count). The number of carbonyl (C=O) groups excluding carboxylic acids is 1. The third kappa shape index (κ3) is 4.32. The minimum Gasteiger partial charge on any atom is -0.326 e. The first-order valence-corrected chi connectivity index (χ1v) is 7.47. The first-order valence-electron chi connectivity index (χ1n) is 5.36. The molecule has 0 spiro atoms. The predicted molar refractivity (Wildman–Crippen MR) is 74.4 cm³/mol. The van der Waals surface area contributed by atoms with Gasteiger partial charge >= 0.3 is 0 Å². The molecule has 0 saturated heterocycles. The van der Waals surface area contributed by atoms with E-state index in [2.05, 4.69) is 22.7 Å². The monoisotopic (exact) mass is 288 g/mol. The second-order valence-electron chi connectivity index (χ2n) is 3.91. The number of anilines is 1. The number of nitrogens with one attached hydrogen (secondary N) is 2. The van der Waals surface area contributed by atoms with Crippen LogP contribution < -0.4 is 10.0 Å². The molecular weight excluding hydrogens is 272 g/mol. The lowest BCUT2D eigenvalue weighted by Crippen LogP contribution is -2.33. The number of thiol groups is 1. The summed E-state index contributed by atoms with van der Waals surface area (Å²) < 4.78 is 26.3. The van der Waals surface area contributed by atoms with Crippen molar-refractivity contribution in [3.8, 4) is 0 Å². The molecule has 2 N–H and O–H groups in total. The zero-order valence-electron chi connectivity index (χ0n) is 10.2. The molecule has 0 aliphatic heterocycles. The van der Waals surface area contributed by atoms with E-state index in [9.17, 15) is 13.2 Å². The molecule has 0 fully saturated rings. The van der Waals surface area contributed by atoms with E-state index in [4.69, 9.17) is 0 Å². The number of hydrogen-bond acceptors (Lipinski definition) is 4. The highest BCUT2D eigenvalue weighted by Gasteiger charge is 2.16. The van der Waals surface area contributed by atoms with E-state index >= 15 is 0 Å². The summed E-state index contributed by atoms with van der Waals surface area (Å²) in [5.41, 5.74) is 0.559. The van der Waals surface area contributed by atoms with Gasteiger partial charge in [-0.2, -0.15) is 12.6 Å². The van der Waals surface area contributed by atoms with Crippen molar-refractivity contribution in [1.29, 1.82) is 0 Å². The maximum absolute atomic E-state index is 11.9. The molecule has 0 heterocycles. The second-order valence-corrected chi connectivity index (χ2v) is 5.99. The number of hydrogen-bond donors (Lipinski definition) is 3. The molecule has 1 atom stereocenters. The Labute approximate surface area is 112 Å². The molecule has 1 aromatic carbocycles. The van der Waals surface area contributed by atoms with Crippen molar-refractivity contribution in [1.82, 2.24) is 4.72 Å². The Bertz CT molecular complexity index is 512. The fourth-order valence-corrected chi connectivity index (χ4v) is 2.75. The Kier molecular flexibility index (Phi) is 5.18. The van der Waals surface area contributed by atoms with E-state index in [1.807, 2.05) is 0 Å². The summed E-state index contributed by atoms with van der Waals surface area (Å²) in [7, 11) is -3.53. The third-order valence-corrected chi connectivity index (χ3v) is 4.27. The van der Waals surface area contributed by atoms with Gasteiger partial charge in [-0.1, -0.05) is 0 Å². The molecule has 0 aliphatic rings. The minimum absolute atomic E-state index is 0.158. The van der Waals surface area contributed by atoms with Crippen LogP contribution in [0, 0.1) is 0 Å². The first-order chi connectivity index (χ1) is 8.35. The van der Waals surface area contributed by atoms with Crippen LogP contribution in [0.5, 0.6) is 0 Å². The summed E-state index contributed by atoms with van der Waals surface area (Å²) in [5.74, 6) is 0.218. The Morgan fingerprint density at radius 2 is 1.89 bits per heavy atom. The molecule has 100 valence electrons. The van der Waals surface area contributed by atoms with Crippen molar-refractivity contribution in [3.63, 3.8) is 0 Å². The highest BCUT2D eigenvalue weighted by molar-refractivity contribution is 7.89. The fraction of sp³-hybridized carbons (Fsp3) is 0.364. The highest BCUT2D eigenvalue weighted by Crippen LogP contribution is 2.14. The van der Waals surface area contributed by atoms with Crippen molar-refractivity contribution >= 4 is 34.2 Å². The van der Waals surface area contributed by atoms with E-state index in [1.54, 1.807) is 19.1 Å². The van der Waals surface area contributed by atoms with E-state index in [0.29, 0.717) is 11.4 Å². The number of carbonyl (C=O) groups is 1. The standard InChI is InChI=1S/C11H16N2O3S2/c1-8(7-17)13-18(15,16)11-5-3-10(4-6-11)12-9(2)14/h3-6,8,13,17H,7H2,1-2H3,(H,12,14)/t8-/m1/s1. The Morgan fingerprint density at radius 1 is 1.33 bits per heavy atom. The normalized spacial score (nSPS) is 13.1. The van der Waals surface area contributed by atoms with Gasteiger partial charge in [0.1, 0.15) is 0 Å². The van der Waals surface area contributed by atoms with Crippen LogP contribution in [-0.4, -0.2) is 26.1 Å². The van der Waals surface area contributed by atoms with E-state index in [1.165, 1.54) is 19.1 Å². The Balaban J connectivity index is 2.87. The maximum Gasteiger partial charge on any atom is 0.240 e. The van der Waals surface area contributed by atoms with Crippen LogP contribution in [0.3, 0.4) is 0 Å². The van der Waals surface area contributed by atoms with Gasteiger partial charge in [-0.05, 0) is 31.2 Å². The molecule has 0 saturated carbocycles. The van der Waals surface area contributed by atoms with Gasteiger partial charge in [0.15, 0.2) is 0 Å². The molecule has 0 aliphatic carbocycles. The van der Waals surface area contributed by atoms with Gasteiger partial charge in [0.25, 0.3) is 0 Å². The van der Waals surface area contributed by atoms with Gasteiger partial charge in [0, 0.05) is 24.4 Å². The largest absolute Gasteiger partial charge is 0.326 e. The van der Waals surface area contributed by atoms with Gasteiger partial charge in [-0.3, -0.25) is 4.79 Å². The quantitative estimate of drug-likeness (QED) is 0.714. The average molecular weight is 288 g/mol. The summed E-state index contributed by atoms with van der Waals surface area (Å²) in [6, 6.07) is 5.73. The maximum atomic E-state index is 11.9. The van der Waals surface area contributed by atoms with E-state index in [0.717, 1.165) is 0 Å². The molecule has 0 unspecified atom stereocenters. The number of benzene rings is 1. The van der Waals surface area contributed by atoms with Crippen LogP contribution in [-0.2, 0) is 14.8 Å². The molecule has 7 heteroatoms. The zero-order valence-corrected chi connectivity index (χ0v) is 11.9. The smallest absolute Gasteiger partial charge is 0.240 e. The lowest BCUT2D eigenvalue weighted by atomic mass is 10.3. The van der Waals surface area contributed by atoms with E-state index < -0.39 is 10.0 Å². The lowest BCUT2D eigenvalue weighted by molar-refractivity contribution is -0.114. The highest BCUT2D eigenvalue weighted by atomic mass is 32.2. The Hall–Kier alpha value is -1.05. The van der Waals surface area contributed by atoms with Crippen LogP contribution in [0.25, 0.3) is 0 Å². The van der Waals surface area contributed by atoms with Crippen LogP contribution in [0.1, 0.15) is 13.8 Å². The summed E-state index contributed by atoms with van der Waals surface area (Å²) >= 11 is 4.02. The third-order valence-electron chi connectivity index (χ3n) is 2.12. The van der Waals surface area contributed by atoms with Crippen LogP contribution in [0.4, 0.5) is 5.69 Å². The van der Waals surface area contributed by atoms with Crippen molar-refractivity contribution in [2.45, 2.75) is 24.8 Å². The SMILES string of the molecule is CC(=O)Nc1ccc(S(=O)(=O)N[C@H](C)CS)cc1. The molecular formula is C11H16N2O3S2. The molecule has 0 radical (unpaired) electrons. The van der Waals surface area contributed by atoms with Gasteiger partial charge in [0.2, 0.25) is 15.9 Å². The Morgan fingerprint density at radius 3 is 2.33 bits per heavy atom. The summed E-state index contributed by atoms with van der Waals surface area (Å²) in [4.78, 5) is 11.0. The minimum atomic E-state index is -3.53. The molecule has 1 amide bonds. The van der Waals surface area contributed by atoms with Crippen molar-refractivity contribution in [2.75, 3.05) is 11.1 Å². The first kappa shape index (κ1) is 15.0. The van der Waals surface area contributed by atoms with Crippen molar-refractivity contribution < 1.29 is 13.2 Å². The average Bonchev–Trinajstić information content (AvgIpc) is 2.28. The van der Waals surface area contributed by atoms with Crippen molar-refractivity contribution in [3.05, 3.63) is 24.3 Å². The lowest BCUT2D eigenvalue weighted by Gasteiger charge is -2.12. The summed E-state index contributed by atoms with van der Waals surface area (Å²) in [6.07, 6.45) is 0. The topological polar surface area (TPSA) is 75.3 Å². The van der Waals surface area contributed by atoms with Gasteiger partial charge in [-0.15, -0.1) is 0 Å². The molecule has 0 aromatic heterocycles. The van der Waals surface area contributed by atoms with Crippen molar-refractivity contribution in [2.24, 2.45) is 0 Å². The number of rotatable bonds is 5. The second kappa shape index (κ2) is 6.21. The summed E-state index contributed by atoms with van der Waals surface area (Å²) in [6.45, 7) is 3.12. The molecule has 18 heavy (non-hydrogen) atoms. The zero-order chi connectivity index (χ0) is 13.8. The van der Waals surface area contributed by atoms with Gasteiger partial charge < -0.3 is 5.32 Å².